The van der Waals surface area contributed by atoms with Crippen molar-refractivity contribution in [3.8, 4) is 0 Å². The summed E-state index contributed by atoms with van der Waals surface area (Å²) in [5.41, 5.74) is 0.277. The molecule has 0 aliphatic carbocycles. The Morgan fingerprint density at radius 3 is 2.78 bits per heavy atom. The molecule has 0 aliphatic rings. The first-order valence-corrected chi connectivity index (χ1v) is 6.14. The average Bonchev–Trinajstić information content (AvgIpc) is 2.35. The second-order valence-corrected chi connectivity index (χ2v) is 4.49. The average molecular weight is 253 g/mol. The second kappa shape index (κ2) is 6.33. The highest BCUT2D eigenvalue weighted by Gasteiger charge is 2.19. The molecule has 0 saturated heterocycles. The van der Waals surface area contributed by atoms with Crippen LogP contribution in [0.5, 0.6) is 0 Å². The number of rotatable bonds is 5. The van der Waals surface area contributed by atoms with E-state index in [0.29, 0.717) is 12.4 Å². The first-order valence-electron chi connectivity index (χ1n) is 6.14. The van der Waals surface area contributed by atoms with E-state index in [-0.39, 0.29) is 17.5 Å². The third-order valence-electron chi connectivity index (χ3n) is 2.72. The molecule has 0 radical (unpaired) electrons. The van der Waals surface area contributed by atoms with Gasteiger partial charge in [-0.05, 0) is 26.3 Å². The van der Waals surface area contributed by atoms with Crippen molar-refractivity contribution in [3.05, 3.63) is 23.6 Å². The summed E-state index contributed by atoms with van der Waals surface area (Å²) >= 11 is 0. The van der Waals surface area contributed by atoms with Gasteiger partial charge in [0.25, 0.3) is 5.91 Å². The van der Waals surface area contributed by atoms with E-state index in [9.17, 15) is 9.18 Å². The van der Waals surface area contributed by atoms with Gasteiger partial charge >= 0.3 is 0 Å². The Morgan fingerprint density at radius 1 is 1.56 bits per heavy atom. The van der Waals surface area contributed by atoms with Crippen LogP contribution >= 0.6 is 0 Å². The van der Waals surface area contributed by atoms with Gasteiger partial charge in [0.1, 0.15) is 11.6 Å². The van der Waals surface area contributed by atoms with Gasteiger partial charge in [-0.3, -0.25) is 4.79 Å². The zero-order valence-electron chi connectivity index (χ0n) is 11.3. The van der Waals surface area contributed by atoms with Crippen molar-refractivity contribution in [3.63, 3.8) is 0 Å². The number of amides is 1. The molecule has 1 rings (SSSR count). The number of carbonyl (C=O) groups excluding carboxylic acids is 1. The van der Waals surface area contributed by atoms with Gasteiger partial charge in [0, 0.05) is 19.6 Å². The fourth-order valence-corrected chi connectivity index (χ4v) is 1.41. The molecular weight excluding hydrogens is 233 g/mol. The summed E-state index contributed by atoms with van der Waals surface area (Å²) in [6, 6.07) is 1.28. The molecule has 1 N–H and O–H groups in total. The van der Waals surface area contributed by atoms with Crippen molar-refractivity contribution in [2.45, 2.75) is 33.2 Å². The van der Waals surface area contributed by atoms with Crippen molar-refractivity contribution in [1.29, 1.82) is 0 Å². The van der Waals surface area contributed by atoms with E-state index >= 15 is 0 Å². The molecule has 100 valence electrons. The van der Waals surface area contributed by atoms with Crippen molar-refractivity contribution in [2.24, 2.45) is 0 Å². The highest BCUT2D eigenvalue weighted by Crippen LogP contribution is 2.16. The maximum absolute atomic E-state index is 13.2. The van der Waals surface area contributed by atoms with Crippen LogP contribution in [-0.4, -0.2) is 35.4 Å². The minimum absolute atomic E-state index is 0.0554. The number of aromatic nitrogens is 1. The van der Waals surface area contributed by atoms with E-state index in [1.54, 1.807) is 11.9 Å². The maximum atomic E-state index is 13.2. The molecule has 1 aromatic heterocycles. The lowest BCUT2D eigenvalue weighted by Crippen LogP contribution is -2.33. The van der Waals surface area contributed by atoms with E-state index in [4.69, 9.17) is 0 Å². The summed E-state index contributed by atoms with van der Waals surface area (Å²) < 4.78 is 13.2. The molecular formula is C13H20FN3O. The van der Waals surface area contributed by atoms with Gasteiger partial charge in [0.2, 0.25) is 0 Å². The highest BCUT2D eigenvalue weighted by atomic mass is 19.1. The van der Waals surface area contributed by atoms with Crippen LogP contribution < -0.4 is 5.32 Å². The van der Waals surface area contributed by atoms with Crippen molar-refractivity contribution >= 4 is 11.7 Å². The van der Waals surface area contributed by atoms with Gasteiger partial charge in [0.15, 0.2) is 0 Å². The van der Waals surface area contributed by atoms with E-state index in [2.05, 4.69) is 10.3 Å². The number of hydrogen-bond acceptors (Lipinski definition) is 3. The Labute approximate surface area is 107 Å². The first-order chi connectivity index (χ1) is 8.47. The summed E-state index contributed by atoms with van der Waals surface area (Å²) in [6.07, 6.45) is 2.02. The van der Waals surface area contributed by atoms with Gasteiger partial charge in [0.05, 0.1) is 11.8 Å². The summed E-state index contributed by atoms with van der Waals surface area (Å²) in [5, 5.41) is 3.04. The molecule has 0 bridgehead atoms. The van der Waals surface area contributed by atoms with E-state index in [0.717, 1.165) is 12.6 Å². The third-order valence-corrected chi connectivity index (χ3v) is 2.72. The molecule has 4 nitrogen and oxygen atoms in total. The molecule has 5 heteroatoms. The van der Waals surface area contributed by atoms with Crippen LogP contribution in [0.3, 0.4) is 0 Å². The second-order valence-electron chi connectivity index (χ2n) is 4.49. The van der Waals surface area contributed by atoms with Crippen molar-refractivity contribution in [2.75, 3.05) is 18.9 Å². The Morgan fingerprint density at radius 2 is 2.22 bits per heavy atom. The Bertz CT molecular complexity index is 421. The summed E-state index contributed by atoms with van der Waals surface area (Å²) in [5.74, 6) is -0.288. The Kier molecular flexibility index (Phi) is 5.07. The number of carbonyl (C=O) groups is 1. The van der Waals surface area contributed by atoms with Crippen LogP contribution in [0.25, 0.3) is 0 Å². The monoisotopic (exact) mass is 253 g/mol. The maximum Gasteiger partial charge on any atom is 0.257 e. The number of nitrogens with zero attached hydrogens (tertiary/aromatic N) is 2. The third kappa shape index (κ3) is 3.42. The minimum atomic E-state index is -0.502. The zero-order valence-corrected chi connectivity index (χ0v) is 11.3. The molecule has 18 heavy (non-hydrogen) atoms. The van der Waals surface area contributed by atoms with Gasteiger partial charge in [-0.25, -0.2) is 9.37 Å². The van der Waals surface area contributed by atoms with Crippen molar-refractivity contribution < 1.29 is 9.18 Å². The lowest BCUT2D eigenvalue weighted by molar-refractivity contribution is 0.0755. The first kappa shape index (κ1) is 14.4. The smallest absolute Gasteiger partial charge is 0.257 e. The van der Waals surface area contributed by atoms with Gasteiger partial charge in [-0.15, -0.1) is 0 Å². The largest absolute Gasteiger partial charge is 0.369 e. The zero-order chi connectivity index (χ0) is 13.7. The van der Waals surface area contributed by atoms with Crippen LogP contribution in [0, 0.1) is 5.82 Å². The highest BCUT2D eigenvalue weighted by molar-refractivity contribution is 5.98. The van der Waals surface area contributed by atoms with Crippen molar-refractivity contribution in [1.82, 2.24) is 9.88 Å². The predicted molar refractivity (Wildman–Crippen MR) is 70.2 cm³/mol. The molecule has 0 unspecified atom stereocenters. The SMILES string of the molecule is CCCNc1ncc(F)cc1C(=O)N(C)C(C)C. The molecule has 0 fully saturated rings. The summed E-state index contributed by atoms with van der Waals surface area (Å²) in [4.78, 5) is 17.7. The molecule has 0 aliphatic heterocycles. The fourth-order valence-electron chi connectivity index (χ4n) is 1.41. The molecule has 0 atom stereocenters. The lowest BCUT2D eigenvalue weighted by Gasteiger charge is -2.22. The van der Waals surface area contributed by atoms with Gasteiger partial charge < -0.3 is 10.2 Å². The normalized spacial score (nSPS) is 10.6. The number of hydrogen-bond donors (Lipinski definition) is 1. The molecule has 1 amide bonds. The van der Waals surface area contributed by atoms with E-state index in [1.807, 2.05) is 20.8 Å². The number of halogens is 1. The lowest BCUT2D eigenvalue weighted by atomic mass is 10.2. The summed E-state index contributed by atoms with van der Waals surface area (Å²) in [7, 11) is 1.70. The fraction of sp³-hybridized carbons (Fsp3) is 0.538. The van der Waals surface area contributed by atoms with Gasteiger partial charge in [-0.1, -0.05) is 6.92 Å². The van der Waals surface area contributed by atoms with Crippen LogP contribution in [0.2, 0.25) is 0 Å². The number of nitrogens with one attached hydrogen (secondary N) is 1. The van der Waals surface area contributed by atoms with Crippen LogP contribution in [-0.2, 0) is 0 Å². The quantitative estimate of drug-likeness (QED) is 0.877. The Balaban J connectivity index is 3.04. The standard InChI is InChI=1S/C13H20FN3O/c1-5-6-15-12-11(7-10(14)8-16-12)13(18)17(4)9(2)3/h7-9H,5-6H2,1-4H3,(H,15,16). The minimum Gasteiger partial charge on any atom is -0.369 e. The van der Waals surface area contributed by atoms with E-state index < -0.39 is 5.82 Å². The molecule has 0 spiro atoms. The van der Waals surface area contributed by atoms with Crippen LogP contribution in [0.4, 0.5) is 10.2 Å². The number of pyridine rings is 1. The Hall–Kier alpha value is -1.65. The molecule has 1 aromatic rings. The van der Waals surface area contributed by atoms with Crippen LogP contribution in [0.1, 0.15) is 37.6 Å². The number of anilines is 1. The van der Waals surface area contributed by atoms with Gasteiger partial charge in [-0.2, -0.15) is 0 Å². The van der Waals surface area contributed by atoms with Crippen LogP contribution in [0.15, 0.2) is 12.3 Å². The van der Waals surface area contributed by atoms with E-state index in [1.165, 1.54) is 6.07 Å². The topological polar surface area (TPSA) is 45.2 Å². The molecule has 1 heterocycles. The molecule has 0 saturated carbocycles. The summed E-state index contributed by atoms with van der Waals surface area (Å²) in [6.45, 7) is 6.52. The predicted octanol–water partition coefficient (Wildman–Crippen LogP) is 2.52. The molecule has 0 aromatic carbocycles.